The topological polar surface area (TPSA) is 27.1 Å². The standard InChI is InChI=1S/C16H13BrN2O/c1-20-16-9-5-4-8-15(16)19-11-12(10-18-19)13-6-2-3-7-14(13)17/h2-11H,1H3. The van der Waals surface area contributed by atoms with Crippen LogP contribution in [0.15, 0.2) is 65.4 Å². The van der Waals surface area contributed by atoms with Gasteiger partial charge in [-0.2, -0.15) is 5.10 Å². The lowest BCUT2D eigenvalue weighted by Gasteiger charge is -2.07. The van der Waals surface area contributed by atoms with Gasteiger partial charge in [0.1, 0.15) is 11.4 Å². The second-order valence-electron chi connectivity index (χ2n) is 4.33. The molecule has 0 spiro atoms. The number of aromatic nitrogens is 2. The third-order valence-corrected chi connectivity index (χ3v) is 3.79. The Kier molecular flexibility index (Phi) is 3.56. The summed E-state index contributed by atoms with van der Waals surface area (Å²) >= 11 is 3.56. The normalized spacial score (nSPS) is 10.5. The van der Waals surface area contributed by atoms with Crippen molar-refractivity contribution in [1.82, 2.24) is 9.78 Å². The van der Waals surface area contributed by atoms with Crippen LogP contribution in [0.4, 0.5) is 0 Å². The minimum atomic E-state index is 0.800. The number of nitrogens with zero attached hydrogens (tertiary/aromatic N) is 2. The van der Waals surface area contributed by atoms with E-state index >= 15 is 0 Å². The summed E-state index contributed by atoms with van der Waals surface area (Å²) in [5.74, 6) is 0.800. The second kappa shape index (κ2) is 5.51. The van der Waals surface area contributed by atoms with Crippen molar-refractivity contribution in [3.8, 4) is 22.6 Å². The van der Waals surface area contributed by atoms with Gasteiger partial charge < -0.3 is 4.74 Å². The Labute approximate surface area is 125 Å². The van der Waals surface area contributed by atoms with E-state index < -0.39 is 0 Å². The van der Waals surface area contributed by atoms with Gasteiger partial charge in [0.05, 0.1) is 13.3 Å². The highest BCUT2D eigenvalue weighted by Gasteiger charge is 2.09. The van der Waals surface area contributed by atoms with E-state index in [4.69, 9.17) is 4.74 Å². The van der Waals surface area contributed by atoms with Crippen molar-refractivity contribution in [3.05, 3.63) is 65.4 Å². The van der Waals surface area contributed by atoms with Crippen LogP contribution in [0.5, 0.6) is 5.75 Å². The number of rotatable bonds is 3. The number of hydrogen-bond donors (Lipinski definition) is 0. The molecule has 0 fully saturated rings. The maximum absolute atomic E-state index is 5.37. The van der Waals surface area contributed by atoms with Crippen molar-refractivity contribution in [2.24, 2.45) is 0 Å². The molecule has 0 saturated carbocycles. The highest BCUT2D eigenvalue weighted by Crippen LogP contribution is 2.29. The SMILES string of the molecule is COc1ccccc1-n1cc(-c2ccccc2Br)cn1. The number of halogens is 1. The van der Waals surface area contributed by atoms with E-state index in [0.29, 0.717) is 0 Å². The van der Waals surface area contributed by atoms with E-state index in [1.54, 1.807) is 7.11 Å². The molecule has 1 heterocycles. The van der Waals surface area contributed by atoms with Crippen LogP contribution in [0, 0.1) is 0 Å². The van der Waals surface area contributed by atoms with E-state index in [2.05, 4.69) is 27.1 Å². The van der Waals surface area contributed by atoms with Gasteiger partial charge in [-0.15, -0.1) is 0 Å². The summed E-state index contributed by atoms with van der Waals surface area (Å²) in [5, 5.41) is 4.43. The molecule has 3 rings (SSSR count). The van der Waals surface area contributed by atoms with E-state index in [-0.39, 0.29) is 0 Å². The van der Waals surface area contributed by atoms with E-state index in [9.17, 15) is 0 Å². The van der Waals surface area contributed by atoms with Crippen molar-refractivity contribution in [3.63, 3.8) is 0 Å². The zero-order chi connectivity index (χ0) is 13.9. The monoisotopic (exact) mass is 328 g/mol. The minimum absolute atomic E-state index is 0.800. The summed E-state index contributed by atoms with van der Waals surface area (Å²) in [6.07, 6.45) is 3.85. The first kappa shape index (κ1) is 12.9. The molecule has 0 N–H and O–H groups in total. The van der Waals surface area contributed by atoms with Gasteiger partial charge in [0.25, 0.3) is 0 Å². The van der Waals surface area contributed by atoms with Crippen LogP contribution < -0.4 is 4.74 Å². The third kappa shape index (κ3) is 2.34. The molecule has 0 saturated heterocycles. The average molecular weight is 329 g/mol. The predicted molar refractivity (Wildman–Crippen MR) is 83.3 cm³/mol. The van der Waals surface area contributed by atoms with Crippen molar-refractivity contribution in [2.45, 2.75) is 0 Å². The van der Waals surface area contributed by atoms with Gasteiger partial charge in [-0.05, 0) is 23.8 Å². The predicted octanol–water partition coefficient (Wildman–Crippen LogP) is 4.31. The lowest BCUT2D eigenvalue weighted by atomic mass is 10.1. The Hall–Kier alpha value is -2.07. The third-order valence-electron chi connectivity index (χ3n) is 3.10. The van der Waals surface area contributed by atoms with Crippen LogP contribution in [0.2, 0.25) is 0 Å². The van der Waals surface area contributed by atoms with Gasteiger partial charge in [0.15, 0.2) is 0 Å². The molecule has 0 aliphatic carbocycles. The van der Waals surface area contributed by atoms with Crippen LogP contribution in [0.25, 0.3) is 16.8 Å². The first-order chi connectivity index (χ1) is 9.79. The fourth-order valence-corrected chi connectivity index (χ4v) is 2.62. The van der Waals surface area contributed by atoms with Crippen molar-refractivity contribution < 1.29 is 4.74 Å². The molecule has 0 unspecified atom stereocenters. The Morgan fingerprint density at radius 3 is 2.60 bits per heavy atom. The Balaban J connectivity index is 2.05. The van der Waals surface area contributed by atoms with Crippen molar-refractivity contribution in [2.75, 3.05) is 7.11 Å². The molecule has 0 radical (unpaired) electrons. The lowest BCUT2D eigenvalue weighted by Crippen LogP contribution is -1.97. The van der Waals surface area contributed by atoms with Gasteiger partial charge in [-0.25, -0.2) is 4.68 Å². The van der Waals surface area contributed by atoms with Crippen LogP contribution in [-0.4, -0.2) is 16.9 Å². The fraction of sp³-hybridized carbons (Fsp3) is 0.0625. The molecule has 4 heteroatoms. The molecule has 100 valence electrons. The zero-order valence-corrected chi connectivity index (χ0v) is 12.5. The number of methoxy groups -OCH3 is 1. The molecule has 0 bridgehead atoms. The van der Waals surface area contributed by atoms with Crippen molar-refractivity contribution >= 4 is 15.9 Å². The molecule has 3 aromatic rings. The Bertz CT molecular complexity index is 737. The summed E-state index contributed by atoms with van der Waals surface area (Å²) < 4.78 is 8.25. The van der Waals surface area contributed by atoms with Crippen LogP contribution in [-0.2, 0) is 0 Å². The average Bonchev–Trinajstić information content (AvgIpc) is 2.97. The minimum Gasteiger partial charge on any atom is -0.494 e. The Morgan fingerprint density at radius 1 is 1.05 bits per heavy atom. The summed E-state index contributed by atoms with van der Waals surface area (Å²) in [4.78, 5) is 0. The maximum Gasteiger partial charge on any atom is 0.144 e. The van der Waals surface area contributed by atoms with Gasteiger partial charge in [-0.3, -0.25) is 0 Å². The first-order valence-corrected chi connectivity index (χ1v) is 7.02. The molecule has 0 aliphatic heterocycles. The smallest absolute Gasteiger partial charge is 0.144 e. The van der Waals surface area contributed by atoms with E-state index in [1.165, 1.54) is 0 Å². The molecule has 2 aromatic carbocycles. The van der Waals surface area contributed by atoms with E-state index in [0.717, 1.165) is 27.0 Å². The molecule has 20 heavy (non-hydrogen) atoms. The molecule has 0 atom stereocenters. The van der Waals surface area contributed by atoms with Gasteiger partial charge >= 0.3 is 0 Å². The molecular formula is C16H13BrN2O. The first-order valence-electron chi connectivity index (χ1n) is 6.22. The van der Waals surface area contributed by atoms with E-state index in [1.807, 2.05) is 59.5 Å². The highest BCUT2D eigenvalue weighted by molar-refractivity contribution is 9.10. The zero-order valence-electron chi connectivity index (χ0n) is 11.0. The number of hydrogen-bond acceptors (Lipinski definition) is 2. The summed E-state index contributed by atoms with van der Waals surface area (Å²) in [7, 11) is 1.66. The maximum atomic E-state index is 5.37. The van der Waals surface area contributed by atoms with Gasteiger partial charge in [0.2, 0.25) is 0 Å². The highest BCUT2D eigenvalue weighted by atomic mass is 79.9. The molecule has 0 amide bonds. The summed E-state index contributed by atoms with van der Waals surface area (Å²) in [6.45, 7) is 0. The van der Waals surface area contributed by atoms with Crippen LogP contribution in [0.1, 0.15) is 0 Å². The summed E-state index contributed by atoms with van der Waals surface area (Å²) in [5.41, 5.74) is 3.10. The number of ether oxygens (including phenoxy) is 1. The van der Waals surface area contributed by atoms with Crippen molar-refractivity contribution in [1.29, 1.82) is 0 Å². The van der Waals surface area contributed by atoms with Crippen LogP contribution >= 0.6 is 15.9 Å². The van der Waals surface area contributed by atoms with Crippen LogP contribution in [0.3, 0.4) is 0 Å². The largest absolute Gasteiger partial charge is 0.494 e. The number of para-hydroxylation sites is 2. The molecule has 0 aliphatic rings. The number of benzene rings is 2. The van der Waals surface area contributed by atoms with Gasteiger partial charge in [0, 0.05) is 16.2 Å². The Morgan fingerprint density at radius 2 is 1.80 bits per heavy atom. The molecule has 3 nitrogen and oxygen atoms in total. The second-order valence-corrected chi connectivity index (χ2v) is 5.18. The summed E-state index contributed by atoms with van der Waals surface area (Å²) in [6, 6.07) is 15.9. The lowest BCUT2D eigenvalue weighted by molar-refractivity contribution is 0.411. The van der Waals surface area contributed by atoms with Gasteiger partial charge in [-0.1, -0.05) is 46.3 Å². The quantitative estimate of drug-likeness (QED) is 0.716. The molecule has 1 aromatic heterocycles. The fourth-order valence-electron chi connectivity index (χ4n) is 2.11. The molecular weight excluding hydrogens is 316 g/mol.